The Bertz CT molecular complexity index is 1050. The minimum absolute atomic E-state index is 0.0308. The number of hydrogen-bond acceptors (Lipinski definition) is 4. The fourth-order valence-corrected chi connectivity index (χ4v) is 4.32. The van der Waals surface area contributed by atoms with Gasteiger partial charge in [0.05, 0.1) is 11.0 Å². The average Bonchev–Trinajstić information content (AvgIpc) is 3.06. The molecule has 3 aromatic rings. The number of imidazole rings is 1. The highest BCUT2D eigenvalue weighted by atomic mass is 16.5. The molecule has 0 N–H and O–H groups in total. The Morgan fingerprint density at radius 1 is 1.10 bits per heavy atom. The standard InChI is InChI=1S/C26H32N2O3/c1-18-8-7-9-21(16-18)30-24(29)17-28-23-11-6-5-10-22(23)27-25(28)19-12-14-20(15-13-19)31-26(2,3)4/h5-6,10-15,18,21H,7-9,16-17H2,1-4H3/t18?,21-/m0/s1. The van der Waals surface area contributed by atoms with Crippen molar-refractivity contribution in [2.24, 2.45) is 5.92 Å². The van der Waals surface area contributed by atoms with Gasteiger partial charge in [0.25, 0.3) is 0 Å². The third-order valence-electron chi connectivity index (χ3n) is 5.66. The van der Waals surface area contributed by atoms with E-state index in [1.54, 1.807) is 0 Å². The monoisotopic (exact) mass is 420 g/mol. The number of carbonyl (C=O) groups is 1. The Balaban J connectivity index is 1.59. The van der Waals surface area contributed by atoms with Gasteiger partial charge in [0.15, 0.2) is 0 Å². The third kappa shape index (κ3) is 5.27. The molecule has 0 aliphatic heterocycles. The van der Waals surface area contributed by atoms with Crippen LogP contribution in [0.5, 0.6) is 5.75 Å². The van der Waals surface area contributed by atoms with E-state index in [-0.39, 0.29) is 24.2 Å². The minimum atomic E-state index is -0.255. The fourth-order valence-electron chi connectivity index (χ4n) is 4.32. The SMILES string of the molecule is CC1CCC[C@H](OC(=O)Cn2c(-c3ccc(OC(C)(C)C)cc3)nc3ccccc32)C1. The Kier molecular flexibility index (Phi) is 6.03. The van der Waals surface area contributed by atoms with Crippen LogP contribution < -0.4 is 4.74 Å². The number of carbonyl (C=O) groups excluding carboxylic acids is 1. The Morgan fingerprint density at radius 3 is 2.55 bits per heavy atom. The van der Waals surface area contributed by atoms with Crippen LogP contribution in [-0.2, 0) is 16.1 Å². The molecule has 0 spiro atoms. The lowest BCUT2D eigenvalue weighted by atomic mass is 9.89. The van der Waals surface area contributed by atoms with Crippen LogP contribution in [0.15, 0.2) is 48.5 Å². The third-order valence-corrected chi connectivity index (χ3v) is 5.66. The highest BCUT2D eigenvalue weighted by Gasteiger charge is 2.23. The maximum absolute atomic E-state index is 12.8. The van der Waals surface area contributed by atoms with Gasteiger partial charge in [0.2, 0.25) is 0 Å². The fraction of sp³-hybridized carbons (Fsp3) is 0.462. The zero-order valence-electron chi connectivity index (χ0n) is 18.9. The highest BCUT2D eigenvalue weighted by Crippen LogP contribution is 2.29. The first-order valence-electron chi connectivity index (χ1n) is 11.2. The van der Waals surface area contributed by atoms with E-state index in [1.807, 2.05) is 73.9 Å². The van der Waals surface area contributed by atoms with Gasteiger partial charge >= 0.3 is 5.97 Å². The van der Waals surface area contributed by atoms with E-state index >= 15 is 0 Å². The molecule has 1 aliphatic carbocycles. The predicted octanol–water partition coefficient (Wildman–Crippen LogP) is 6.00. The van der Waals surface area contributed by atoms with E-state index in [4.69, 9.17) is 14.5 Å². The molecule has 5 heteroatoms. The molecule has 164 valence electrons. The molecule has 1 unspecified atom stereocenters. The van der Waals surface area contributed by atoms with Gasteiger partial charge in [-0.1, -0.05) is 25.5 Å². The van der Waals surface area contributed by atoms with Gasteiger partial charge in [0, 0.05) is 5.56 Å². The molecule has 1 fully saturated rings. The minimum Gasteiger partial charge on any atom is -0.488 e. The number of aromatic nitrogens is 2. The number of ether oxygens (including phenoxy) is 2. The summed E-state index contributed by atoms with van der Waals surface area (Å²) >= 11 is 0. The largest absolute Gasteiger partial charge is 0.488 e. The van der Waals surface area contributed by atoms with E-state index in [9.17, 15) is 4.79 Å². The number of hydrogen-bond donors (Lipinski definition) is 0. The van der Waals surface area contributed by atoms with Crippen LogP contribution in [0.4, 0.5) is 0 Å². The van der Waals surface area contributed by atoms with E-state index in [2.05, 4.69) is 6.92 Å². The predicted molar refractivity (Wildman–Crippen MR) is 123 cm³/mol. The van der Waals surface area contributed by atoms with E-state index in [1.165, 1.54) is 6.42 Å². The van der Waals surface area contributed by atoms with Gasteiger partial charge in [-0.3, -0.25) is 4.79 Å². The van der Waals surface area contributed by atoms with Crippen molar-refractivity contribution in [3.8, 4) is 17.1 Å². The van der Waals surface area contributed by atoms with Crippen molar-refractivity contribution in [3.05, 3.63) is 48.5 Å². The zero-order chi connectivity index (χ0) is 22.0. The number of benzene rings is 2. The molecule has 0 saturated heterocycles. The maximum Gasteiger partial charge on any atom is 0.326 e. The lowest BCUT2D eigenvalue weighted by Crippen LogP contribution is -2.26. The molecule has 1 saturated carbocycles. The first-order valence-corrected chi connectivity index (χ1v) is 11.2. The summed E-state index contributed by atoms with van der Waals surface area (Å²) in [7, 11) is 0. The second-order valence-electron chi connectivity index (χ2n) is 9.63. The lowest BCUT2D eigenvalue weighted by molar-refractivity contribution is -0.151. The van der Waals surface area contributed by atoms with Crippen LogP contribution in [0.3, 0.4) is 0 Å². The summed E-state index contributed by atoms with van der Waals surface area (Å²) in [4.78, 5) is 17.6. The van der Waals surface area contributed by atoms with Crippen molar-refractivity contribution in [2.45, 2.75) is 71.6 Å². The Labute approximate surface area is 184 Å². The van der Waals surface area contributed by atoms with Gasteiger partial charge in [-0.15, -0.1) is 0 Å². The number of para-hydroxylation sites is 2. The molecular weight excluding hydrogens is 388 g/mol. The quantitative estimate of drug-likeness (QED) is 0.475. The van der Waals surface area contributed by atoms with Gasteiger partial charge in [-0.05, 0) is 82.3 Å². The molecule has 1 heterocycles. The molecule has 1 aliphatic rings. The van der Waals surface area contributed by atoms with Crippen LogP contribution in [0.2, 0.25) is 0 Å². The summed E-state index contributed by atoms with van der Waals surface area (Å²) in [5, 5.41) is 0. The molecule has 0 amide bonds. The molecule has 2 aromatic carbocycles. The second kappa shape index (κ2) is 8.74. The van der Waals surface area contributed by atoms with Crippen LogP contribution in [0.1, 0.15) is 53.4 Å². The van der Waals surface area contributed by atoms with Crippen molar-refractivity contribution in [2.75, 3.05) is 0 Å². The Morgan fingerprint density at radius 2 is 1.84 bits per heavy atom. The van der Waals surface area contributed by atoms with E-state index in [0.717, 1.165) is 47.4 Å². The number of fused-ring (bicyclic) bond motifs is 1. The van der Waals surface area contributed by atoms with Crippen molar-refractivity contribution in [1.29, 1.82) is 0 Å². The summed E-state index contributed by atoms with van der Waals surface area (Å²) in [6.45, 7) is 8.46. The zero-order valence-corrected chi connectivity index (χ0v) is 18.9. The van der Waals surface area contributed by atoms with Crippen LogP contribution in [0, 0.1) is 5.92 Å². The lowest BCUT2D eigenvalue weighted by Gasteiger charge is -2.26. The first-order chi connectivity index (χ1) is 14.8. The van der Waals surface area contributed by atoms with Gasteiger partial charge < -0.3 is 14.0 Å². The molecule has 31 heavy (non-hydrogen) atoms. The number of esters is 1. The van der Waals surface area contributed by atoms with E-state index in [0.29, 0.717) is 5.92 Å². The van der Waals surface area contributed by atoms with Crippen LogP contribution in [0.25, 0.3) is 22.4 Å². The molecule has 0 radical (unpaired) electrons. The van der Waals surface area contributed by atoms with Gasteiger partial charge in [0.1, 0.15) is 29.8 Å². The molecular formula is C26H32N2O3. The first kappa shape index (κ1) is 21.4. The van der Waals surface area contributed by atoms with Crippen molar-refractivity contribution < 1.29 is 14.3 Å². The van der Waals surface area contributed by atoms with Crippen LogP contribution in [-0.4, -0.2) is 27.2 Å². The molecule has 0 bridgehead atoms. The summed E-state index contributed by atoms with van der Waals surface area (Å²) < 4.78 is 13.7. The molecule has 1 aromatic heterocycles. The number of rotatable bonds is 5. The topological polar surface area (TPSA) is 53.4 Å². The van der Waals surface area contributed by atoms with Crippen molar-refractivity contribution in [3.63, 3.8) is 0 Å². The maximum atomic E-state index is 12.8. The highest BCUT2D eigenvalue weighted by molar-refractivity contribution is 5.83. The van der Waals surface area contributed by atoms with Gasteiger partial charge in [-0.2, -0.15) is 0 Å². The van der Waals surface area contributed by atoms with E-state index < -0.39 is 0 Å². The van der Waals surface area contributed by atoms with Crippen molar-refractivity contribution in [1.82, 2.24) is 9.55 Å². The summed E-state index contributed by atoms with van der Waals surface area (Å²) in [5.41, 5.74) is 2.49. The smallest absolute Gasteiger partial charge is 0.326 e. The van der Waals surface area contributed by atoms with Crippen LogP contribution >= 0.6 is 0 Å². The molecule has 5 nitrogen and oxygen atoms in total. The summed E-state index contributed by atoms with van der Waals surface area (Å²) in [6, 6.07) is 15.8. The summed E-state index contributed by atoms with van der Waals surface area (Å²) in [6.07, 6.45) is 4.30. The normalized spacial score (nSPS) is 19.4. The van der Waals surface area contributed by atoms with Crippen molar-refractivity contribution >= 4 is 17.0 Å². The molecule has 4 rings (SSSR count). The summed E-state index contributed by atoms with van der Waals surface area (Å²) in [5.74, 6) is 1.99. The number of nitrogens with zero attached hydrogens (tertiary/aromatic N) is 2. The Hall–Kier alpha value is -2.82. The average molecular weight is 421 g/mol. The molecule has 2 atom stereocenters. The second-order valence-corrected chi connectivity index (χ2v) is 9.63. The van der Waals surface area contributed by atoms with Gasteiger partial charge in [-0.25, -0.2) is 4.98 Å².